The fourth-order valence-electron chi connectivity index (χ4n) is 2.46. The molecule has 2 nitrogen and oxygen atoms in total. The van der Waals surface area contributed by atoms with Gasteiger partial charge in [0, 0.05) is 0 Å². The zero-order chi connectivity index (χ0) is 14.1. The van der Waals surface area contributed by atoms with Crippen LogP contribution >= 0.6 is 11.6 Å². The van der Waals surface area contributed by atoms with Crippen molar-refractivity contribution in [2.45, 2.75) is 25.6 Å². The molecule has 2 aromatic carbocycles. The van der Waals surface area contributed by atoms with Crippen LogP contribution in [0.5, 0.6) is 5.75 Å². The Hall–Kier alpha value is -1.58. The van der Waals surface area contributed by atoms with Gasteiger partial charge in [-0.1, -0.05) is 23.7 Å². The first kappa shape index (κ1) is 13.4. The van der Waals surface area contributed by atoms with Crippen LogP contribution in [0.25, 0.3) is 0 Å². The second kappa shape index (κ2) is 5.43. The number of rotatable bonds is 3. The van der Waals surface area contributed by atoms with Gasteiger partial charge in [0.25, 0.3) is 0 Å². The summed E-state index contributed by atoms with van der Waals surface area (Å²) in [4.78, 5) is 0. The number of hydrogen-bond acceptors (Lipinski definition) is 2. The molecule has 0 fully saturated rings. The maximum Gasteiger partial charge on any atom is 0.142 e. The summed E-state index contributed by atoms with van der Waals surface area (Å²) in [5.41, 5.74) is 2.83. The van der Waals surface area contributed by atoms with E-state index in [0.29, 0.717) is 0 Å². The summed E-state index contributed by atoms with van der Waals surface area (Å²) in [6.45, 7) is 0.287. The van der Waals surface area contributed by atoms with Crippen LogP contribution in [0.15, 0.2) is 36.4 Å². The molecule has 1 N–H and O–H groups in total. The van der Waals surface area contributed by atoms with E-state index in [0.717, 1.165) is 35.3 Å². The molecule has 20 heavy (non-hydrogen) atoms. The van der Waals surface area contributed by atoms with E-state index in [4.69, 9.17) is 16.3 Å². The van der Waals surface area contributed by atoms with E-state index < -0.39 is 5.82 Å². The van der Waals surface area contributed by atoms with E-state index in [9.17, 15) is 9.50 Å². The minimum Gasteiger partial charge on any atom is -0.489 e. The minimum absolute atomic E-state index is 0.111. The predicted molar refractivity (Wildman–Crippen MR) is 75.5 cm³/mol. The molecule has 0 heterocycles. The third-order valence-electron chi connectivity index (χ3n) is 3.55. The lowest BCUT2D eigenvalue weighted by Crippen LogP contribution is -1.97. The summed E-state index contributed by atoms with van der Waals surface area (Å²) in [5.74, 6) is 0.290. The Kier molecular flexibility index (Phi) is 3.64. The molecule has 1 atom stereocenters. The Morgan fingerprint density at radius 1 is 1.25 bits per heavy atom. The third kappa shape index (κ3) is 2.65. The topological polar surface area (TPSA) is 29.5 Å². The molecule has 4 heteroatoms. The Bertz CT molecular complexity index is 642. The van der Waals surface area contributed by atoms with Gasteiger partial charge in [-0.25, -0.2) is 4.39 Å². The normalized spacial score (nSPS) is 17.1. The van der Waals surface area contributed by atoms with Crippen molar-refractivity contribution < 1.29 is 14.2 Å². The van der Waals surface area contributed by atoms with Crippen LogP contribution in [0, 0.1) is 5.82 Å². The van der Waals surface area contributed by atoms with Gasteiger partial charge in [0.1, 0.15) is 18.2 Å². The summed E-state index contributed by atoms with van der Waals surface area (Å²) in [5, 5.41) is 9.85. The standard InChI is InChI=1S/C16H14ClFO2/c17-14-5-1-10(7-15(14)18)9-20-12-3-4-13-11(8-12)2-6-16(13)19/h1,3-5,7-8,16,19H,2,6,9H2/t16-/m0/s1. The average molecular weight is 293 g/mol. The van der Waals surface area contributed by atoms with Gasteiger partial charge in [-0.05, 0) is 53.8 Å². The second-order valence-corrected chi connectivity index (χ2v) is 5.36. The molecule has 0 aliphatic heterocycles. The van der Waals surface area contributed by atoms with E-state index in [1.165, 1.54) is 12.1 Å². The first-order valence-corrected chi connectivity index (χ1v) is 6.89. The number of aliphatic hydroxyl groups excluding tert-OH is 1. The van der Waals surface area contributed by atoms with E-state index in [1.807, 2.05) is 18.2 Å². The van der Waals surface area contributed by atoms with Crippen LogP contribution in [0.1, 0.15) is 29.2 Å². The maximum absolute atomic E-state index is 13.3. The molecule has 0 unspecified atom stereocenters. The Morgan fingerprint density at radius 3 is 2.90 bits per heavy atom. The van der Waals surface area contributed by atoms with Crippen molar-refractivity contribution in [3.63, 3.8) is 0 Å². The molecule has 1 aliphatic rings. The molecular formula is C16H14ClFO2. The first-order chi connectivity index (χ1) is 9.63. The maximum atomic E-state index is 13.3. The number of fused-ring (bicyclic) bond motifs is 1. The molecule has 0 saturated carbocycles. The lowest BCUT2D eigenvalue weighted by molar-refractivity contribution is 0.180. The minimum atomic E-state index is -0.440. The Morgan fingerprint density at radius 2 is 2.10 bits per heavy atom. The van der Waals surface area contributed by atoms with E-state index in [1.54, 1.807) is 6.07 Å². The smallest absolute Gasteiger partial charge is 0.142 e. The fourth-order valence-corrected chi connectivity index (χ4v) is 2.57. The van der Waals surface area contributed by atoms with Gasteiger partial charge in [-0.3, -0.25) is 0 Å². The molecule has 0 amide bonds. The number of halogens is 2. The molecule has 0 spiro atoms. The van der Waals surface area contributed by atoms with Gasteiger partial charge in [-0.2, -0.15) is 0 Å². The van der Waals surface area contributed by atoms with Crippen LogP contribution in [-0.4, -0.2) is 5.11 Å². The van der Waals surface area contributed by atoms with Crippen LogP contribution in [0.4, 0.5) is 4.39 Å². The quantitative estimate of drug-likeness (QED) is 0.925. The SMILES string of the molecule is O[C@H]1CCc2cc(OCc3ccc(Cl)c(F)c3)ccc21. The molecule has 3 rings (SSSR count). The molecule has 2 aromatic rings. The van der Waals surface area contributed by atoms with Crippen LogP contribution in [-0.2, 0) is 13.0 Å². The zero-order valence-corrected chi connectivity index (χ0v) is 11.5. The van der Waals surface area contributed by atoms with Gasteiger partial charge in [0.05, 0.1) is 11.1 Å². The summed E-state index contributed by atoms with van der Waals surface area (Å²) in [7, 11) is 0. The van der Waals surface area contributed by atoms with Crippen molar-refractivity contribution in [2.24, 2.45) is 0 Å². The lowest BCUT2D eigenvalue weighted by Gasteiger charge is -2.09. The van der Waals surface area contributed by atoms with Crippen LogP contribution in [0.3, 0.4) is 0 Å². The largest absolute Gasteiger partial charge is 0.489 e. The van der Waals surface area contributed by atoms with Crippen molar-refractivity contribution in [1.82, 2.24) is 0 Å². The summed E-state index contributed by atoms with van der Waals surface area (Å²) >= 11 is 5.64. The molecule has 104 valence electrons. The number of ether oxygens (including phenoxy) is 1. The zero-order valence-electron chi connectivity index (χ0n) is 10.8. The summed E-state index contributed by atoms with van der Waals surface area (Å²) in [6, 6.07) is 10.3. The highest BCUT2D eigenvalue weighted by Crippen LogP contribution is 2.33. The van der Waals surface area contributed by atoms with Crippen LogP contribution < -0.4 is 4.74 Å². The van der Waals surface area contributed by atoms with E-state index in [-0.39, 0.29) is 17.7 Å². The van der Waals surface area contributed by atoms with Crippen molar-refractivity contribution in [2.75, 3.05) is 0 Å². The predicted octanol–water partition coefficient (Wildman–Crippen LogP) is 4.04. The number of benzene rings is 2. The lowest BCUT2D eigenvalue weighted by atomic mass is 10.1. The van der Waals surface area contributed by atoms with Gasteiger partial charge >= 0.3 is 0 Å². The van der Waals surface area contributed by atoms with Crippen molar-refractivity contribution in [3.05, 3.63) is 63.9 Å². The molecule has 1 aliphatic carbocycles. The highest BCUT2D eigenvalue weighted by atomic mass is 35.5. The molecule has 0 aromatic heterocycles. The number of hydrogen-bond donors (Lipinski definition) is 1. The Labute approximate surface area is 121 Å². The highest BCUT2D eigenvalue weighted by molar-refractivity contribution is 6.30. The van der Waals surface area contributed by atoms with Crippen LogP contribution in [0.2, 0.25) is 5.02 Å². The number of aliphatic hydroxyl groups is 1. The van der Waals surface area contributed by atoms with Crippen molar-refractivity contribution >= 4 is 11.6 Å². The van der Waals surface area contributed by atoms with Crippen molar-refractivity contribution in [1.29, 1.82) is 0 Å². The molecule has 0 saturated heterocycles. The first-order valence-electron chi connectivity index (χ1n) is 6.51. The third-order valence-corrected chi connectivity index (χ3v) is 3.86. The monoisotopic (exact) mass is 292 g/mol. The van der Waals surface area contributed by atoms with Gasteiger partial charge in [-0.15, -0.1) is 0 Å². The molecule has 0 bridgehead atoms. The van der Waals surface area contributed by atoms with Gasteiger partial charge < -0.3 is 9.84 Å². The molecule has 0 radical (unpaired) electrons. The van der Waals surface area contributed by atoms with Gasteiger partial charge in [0.15, 0.2) is 0 Å². The average Bonchev–Trinajstić information content (AvgIpc) is 2.81. The molecular weight excluding hydrogens is 279 g/mol. The summed E-state index contributed by atoms with van der Waals surface area (Å²) in [6.07, 6.45) is 1.27. The van der Waals surface area contributed by atoms with E-state index >= 15 is 0 Å². The second-order valence-electron chi connectivity index (χ2n) is 4.95. The highest BCUT2D eigenvalue weighted by Gasteiger charge is 2.20. The van der Waals surface area contributed by atoms with Gasteiger partial charge in [0.2, 0.25) is 0 Å². The number of aryl methyl sites for hydroxylation is 1. The van der Waals surface area contributed by atoms with E-state index in [2.05, 4.69) is 0 Å². The fraction of sp³-hybridized carbons (Fsp3) is 0.250. The summed E-state index contributed by atoms with van der Waals surface area (Å²) < 4.78 is 19.0. The Balaban J connectivity index is 1.71. The van der Waals surface area contributed by atoms with Crippen molar-refractivity contribution in [3.8, 4) is 5.75 Å².